The van der Waals surface area contributed by atoms with Crippen LogP contribution in [0.5, 0.6) is 0 Å². The van der Waals surface area contributed by atoms with Crippen LogP contribution in [0.1, 0.15) is 12.8 Å². The first-order chi connectivity index (χ1) is 8.73. The average molecular weight is 275 g/mol. The number of carboxylic acid groups (broad SMARTS) is 2. The van der Waals surface area contributed by atoms with E-state index in [1.165, 1.54) is 4.90 Å². The predicted molar refractivity (Wildman–Crippen MR) is 63.5 cm³/mol. The van der Waals surface area contributed by atoms with Gasteiger partial charge < -0.3 is 25.7 Å². The van der Waals surface area contributed by atoms with Gasteiger partial charge in [0.15, 0.2) is 0 Å². The van der Waals surface area contributed by atoms with Crippen LogP contribution in [-0.4, -0.2) is 65.7 Å². The Labute approximate surface area is 109 Å². The smallest absolute Gasteiger partial charge is 0.326 e. The second kappa shape index (κ2) is 7.90. The van der Waals surface area contributed by atoms with Crippen molar-refractivity contribution in [1.29, 1.82) is 0 Å². The van der Waals surface area contributed by atoms with Crippen LogP contribution in [-0.2, 0) is 14.4 Å². The van der Waals surface area contributed by atoms with Gasteiger partial charge in [0.1, 0.15) is 6.04 Å². The monoisotopic (exact) mass is 275 g/mol. The van der Waals surface area contributed by atoms with Gasteiger partial charge in [0.2, 0.25) is 5.91 Å². The molecule has 19 heavy (non-hydrogen) atoms. The Hall–Kier alpha value is -2.32. The van der Waals surface area contributed by atoms with E-state index in [4.69, 9.17) is 10.2 Å². The highest BCUT2D eigenvalue weighted by Crippen LogP contribution is 1.93. The van der Waals surface area contributed by atoms with E-state index in [0.29, 0.717) is 0 Å². The zero-order valence-corrected chi connectivity index (χ0v) is 10.7. The van der Waals surface area contributed by atoms with Gasteiger partial charge in [0.05, 0.1) is 6.42 Å². The van der Waals surface area contributed by atoms with Crippen molar-refractivity contribution in [2.45, 2.75) is 18.9 Å². The molecule has 0 aromatic carbocycles. The summed E-state index contributed by atoms with van der Waals surface area (Å²) in [7, 11) is 3.13. The summed E-state index contributed by atoms with van der Waals surface area (Å²) in [5.41, 5.74) is 0. The lowest BCUT2D eigenvalue weighted by Crippen LogP contribution is -2.47. The first-order valence-corrected chi connectivity index (χ1v) is 5.43. The highest BCUT2D eigenvalue weighted by molar-refractivity contribution is 5.86. The second-order valence-electron chi connectivity index (χ2n) is 3.93. The van der Waals surface area contributed by atoms with Gasteiger partial charge in [-0.3, -0.25) is 9.59 Å². The fourth-order valence-electron chi connectivity index (χ4n) is 1.09. The van der Waals surface area contributed by atoms with Crippen molar-refractivity contribution in [1.82, 2.24) is 15.5 Å². The van der Waals surface area contributed by atoms with Crippen molar-refractivity contribution in [2.24, 2.45) is 0 Å². The number of nitrogens with zero attached hydrogens (tertiary/aromatic N) is 1. The SMILES string of the molecule is CN(C)C(=O)CCNC(=O)N[C@@H](CC(=O)O)C(=O)O. The molecule has 0 spiro atoms. The molecule has 0 aliphatic heterocycles. The minimum atomic E-state index is -1.51. The predicted octanol–water partition coefficient (Wildman–Crippen LogP) is -1.31. The Bertz CT molecular complexity index is 368. The molecule has 0 heterocycles. The third-order valence-electron chi connectivity index (χ3n) is 2.11. The van der Waals surface area contributed by atoms with Crippen LogP contribution >= 0.6 is 0 Å². The molecule has 0 aromatic rings. The molecule has 108 valence electrons. The molecular formula is C10H17N3O6. The zero-order valence-electron chi connectivity index (χ0n) is 10.7. The number of carboxylic acids is 2. The third-order valence-corrected chi connectivity index (χ3v) is 2.11. The van der Waals surface area contributed by atoms with Crippen molar-refractivity contribution in [3.63, 3.8) is 0 Å². The van der Waals surface area contributed by atoms with E-state index in [9.17, 15) is 19.2 Å². The van der Waals surface area contributed by atoms with Crippen molar-refractivity contribution in [3.8, 4) is 0 Å². The molecule has 3 amide bonds. The van der Waals surface area contributed by atoms with Crippen LogP contribution in [0.3, 0.4) is 0 Å². The lowest BCUT2D eigenvalue weighted by Gasteiger charge is -2.14. The Morgan fingerprint density at radius 2 is 1.74 bits per heavy atom. The molecule has 0 aromatic heterocycles. The van der Waals surface area contributed by atoms with E-state index in [0.717, 1.165) is 0 Å². The molecule has 0 aliphatic carbocycles. The number of carbonyl (C=O) groups excluding carboxylic acids is 2. The molecule has 0 radical (unpaired) electrons. The summed E-state index contributed by atoms with van der Waals surface area (Å²) >= 11 is 0. The number of urea groups is 1. The van der Waals surface area contributed by atoms with E-state index < -0.39 is 30.4 Å². The van der Waals surface area contributed by atoms with Gasteiger partial charge in [0.25, 0.3) is 0 Å². The maximum atomic E-state index is 11.3. The van der Waals surface area contributed by atoms with Gasteiger partial charge in [0, 0.05) is 27.1 Å². The lowest BCUT2D eigenvalue weighted by molar-refractivity contribution is -0.145. The fraction of sp³-hybridized carbons (Fsp3) is 0.600. The summed E-state index contributed by atoms with van der Waals surface area (Å²) in [6, 6.07) is -2.35. The fourth-order valence-corrected chi connectivity index (χ4v) is 1.09. The van der Waals surface area contributed by atoms with E-state index in [1.54, 1.807) is 14.1 Å². The van der Waals surface area contributed by atoms with Gasteiger partial charge in [-0.05, 0) is 0 Å². The number of aliphatic carboxylic acids is 2. The van der Waals surface area contributed by atoms with Gasteiger partial charge >= 0.3 is 18.0 Å². The summed E-state index contributed by atoms with van der Waals surface area (Å²) in [6.45, 7) is 0.0300. The number of hydrogen-bond donors (Lipinski definition) is 4. The van der Waals surface area contributed by atoms with Gasteiger partial charge in [-0.2, -0.15) is 0 Å². The van der Waals surface area contributed by atoms with Gasteiger partial charge in [-0.15, -0.1) is 0 Å². The van der Waals surface area contributed by atoms with Crippen molar-refractivity contribution >= 4 is 23.9 Å². The van der Waals surface area contributed by atoms with Crippen molar-refractivity contribution in [2.75, 3.05) is 20.6 Å². The molecule has 4 N–H and O–H groups in total. The number of amides is 3. The molecule has 9 nitrogen and oxygen atoms in total. The Kier molecular flexibility index (Phi) is 6.94. The Morgan fingerprint density at radius 1 is 1.16 bits per heavy atom. The third kappa shape index (κ3) is 7.58. The summed E-state index contributed by atoms with van der Waals surface area (Å²) in [6.07, 6.45) is -0.656. The Morgan fingerprint density at radius 3 is 2.16 bits per heavy atom. The quantitative estimate of drug-likeness (QED) is 0.455. The van der Waals surface area contributed by atoms with Gasteiger partial charge in [-0.1, -0.05) is 0 Å². The molecule has 0 unspecified atom stereocenters. The molecule has 0 bridgehead atoms. The first-order valence-electron chi connectivity index (χ1n) is 5.43. The maximum Gasteiger partial charge on any atom is 0.326 e. The van der Waals surface area contributed by atoms with Crippen molar-refractivity contribution < 1.29 is 29.4 Å². The highest BCUT2D eigenvalue weighted by Gasteiger charge is 2.22. The largest absolute Gasteiger partial charge is 0.481 e. The second-order valence-corrected chi connectivity index (χ2v) is 3.93. The average Bonchev–Trinajstić information content (AvgIpc) is 2.26. The van der Waals surface area contributed by atoms with Crippen LogP contribution in [0, 0.1) is 0 Å². The van der Waals surface area contributed by atoms with E-state index >= 15 is 0 Å². The van der Waals surface area contributed by atoms with E-state index in [1.807, 2.05) is 5.32 Å². The van der Waals surface area contributed by atoms with Crippen LogP contribution in [0.4, 0.5) is 4.79 Å². The molecule has 0 fully saturated rings. The number of carbonyl (C=O) groups is 4. The van der Waals surface area contributed by atoms with E-state index in [-0.39, 0.29) is 18.9 Å². The molecular weight excluding hydrogens is 258 g/mol. The number of nitrogens with one attached hydrogen (secondary N) is 2. The molecule has 0 saturated carbocycles. The topological polar surface area (TPSA) is 136 Å². The molecule has 0 saturated heterocycles. The van der Waals surface area contributed by atoms with Crippen LogP contribution < -0.4 is 10.6 Å². The summed E-state index contributed by atoms with van der Waals surface area (Å²) in [4.78, 5) is 44.9. The zero-order chi connectivity index (χ0) is 15.0. The lowest BCUT2D eigenvalue weighted by atomic mass is 10.2. The standard InChI is InChI=1S/C10H17N3O6/c1-13(2)7(14)3-4-11-10(19)12-6(9(17)18)5-8(15)16/h6H,3-5H2,1-2H3,(H,15,16)(H,17,18)(H2,11,12,19)/t6-/m0/s1. The Balaban J connectivity index is 4.10. The number of rotatable bonds is 7. The minimum Gasteiger partial charge on any atom is -0.481 e. The van der Waals surface area contributed by atoms with Gasteiger partial charge in [-0.25, -0.2) is 9.59 Å². The summed E-state index contributed by atoms with van der Waals surface area (Å²) in [5.74, 6) is -2.97. The van der Waals surface area contributed by atoms with Crippen LogP contribution in [0.2, 0.25) is 0 Å². The van der Waals surface area contributed by atoms with Crippen LogP contribution in [0.25, 0.3) is 0 Å². The van der Waals surface area contributed by atoms with E-state index in [2.05, 4.69) is 5.32 Å². The molecule has 0 rings (SSSR count). The maximum absolute atomic E-state index is 11.3. The van der Waals surface area contributed by atoms with Crippen molar-refractivity contribution in [3.05, 3.63) is 0 Å². The first kappa shape index (κ1) is 16.7. The molecule has 1 atom stereocenters. The normalized spacial score (nSPS) is 11.3. The van der Waals surface area contributed by atoms with Crippen LogP contribution in [0.15, 0.2) is 0 Å². The summed E-state index contributed by atoms with van der Waals surface area (Å²) in [5, 5.41) is 21.4. The molecule has 9 heteroatoms. The minimum absolute atomic E-state index is 0.0300. The summed E-state index contributed by atoms with van der Waals surface area (Å²) < 4.78 is 0. The number of hydrogen-bond acceptors (Lipinski definition) is 4. The molecule has 0 aliphatic rings. The highest BCUT2D eigenvalue weighted by atomic mass is 16.4.